The second kappa shape index (κ2) is 9.92. The predicted molar refractivity (Wildman–Crippen MR) is 142 cm³/mol. The van der Waals surface area contributed by atoms with E-state index in [1.54, 1.807) is 31.4 Å². The lowest BCUT2D eigenvalue weighted by molar-refractivity contribution is 0.372. The predicted octanol–water partition coefficient (Wildman–Crippen LogP) is 5.86. The number of methoxy groups -OCH3 is 2. The lowest BCUT2D eigenvalue weighted by atomic mass is 9.96. The summed E-state index contributed by atoms with van der Waals surface area (Å²) in [5, 5.41) is 15.1. The summed E-state index contributed by atoms with van der Waals surface area (Å²) in [6.45, 7) is 6.14. The van der Waals surface area contributed by atoms with Gasteiger partial charge in [0.15, 0.2) is 17.3 Å². The van der Waals surface area contributed by atoms with Crippen LogP contribution in [0.2, 0.25) is 0 Å². The Labute approximate surface area is 211 Å². The maximum atomic E-state index is 13.6. The van der Waals surface area contributed by atoms with Crippen molar-refractivity contribution in [1.29, 1.82) is 0 Å². The second-order valence-electron chi connectivity index (χ2n) is 8.43. The van der Waals surface area contributed by atoms with Crippen LogP contribution >= 0.6 is 15.9 Å². The van der Waals surface area contributed by atoms with Crippen molar-refractivity contribution in [2.45, 2.75) is 26.7 Å². The number of ether oxygens (including phenoxy) is 2. The minimum Gasteiger partial charge on any atom is -0.503 e. The first-order chi connectivity index (χ1) is 16.7. The van der Waals surface area contributed by atoms with Crippen molar-refractivity contribution in [2.75, 3.05) is 14.2 Å². The number of nitrogens with zero attached hydrogens (tertiary/aromatic N) is 3. The zero-order valence-corrected chi connectivity index (χ0v) is 21.8. The molecule has 4 aromatic rings. The molecule has 0 aliphatic heterocycles. The van der Waals surface area contributed by atoms with Crippen molar-refractivity contribution in [1.82, 2.24) is 9.66 Å². The molecular weight excluding hydrogens is 510 g/mol. The lowest BCUT2D eigenvalue weighted by Gasteiger charge is -2.17. The van der Waals surface area contributed by atoms with E-state index in [1.165, 1.54) is 18.0 Å². The van der Waals surface area contributed by atoms with Gasteiger partial charge < -0.3 is 14.6 Å². The third-order valence-electron chi connectivity index (χ3n) is 5.79. The summed E-state index contributed by atoms with van der Waals surface area (Å²) >= 11 is 3.32. The second-order valence-corrected chi connectivity index (χ2v) is 9.29. The van der Waals surface area contributed by atoms with Gasteiger partial charge in [-0.3, -0.25) is 4.79 Å². The highest BCUT2D eigenvalue weighted by molar-refractivity contribution is 9.10. The zero-order chi connectivity index (χ0) is 25.3. The van der Waals surface area contributed by atoms with Crippen LogP contribution in [0.5, 0.6) is 17.2 Å². The number of rotatable bonds is 6. The number of fused-ring (bicyclic) bond motifs is 1. The molecule has 0 bridgehead atoms. The first-order valence-corrected chi connectivity index (χ1v) is 11.9. The molecule has 0 saturated carbocycles. The number of aromatic nitrogens is 2. The standard InChI is InChI=1S/C27H26BrN3O4/c1-15(2)19-13-20(16(3)10-23(19)34-4)26-30-22-9-7-6-8-18(22)27(33)31(26)29-14-17-11-21(28)25(32)24(12-17)35-5/h6-15,32H,1-5H3. The number of halogens is 1. The van der Waals surface area contributed by atoms with E-state index in [2.05, 4.69) is 34.9 Å². The number of para-hydroxylation sites is 1. The largest absolute Gasteiger partial charge is 0.503 e. The van der Waals surface area contributed by atoms with Crippen LogP contribution in [-0.2, 0) is 0 Å². The van der Waals surface area contributed by atoms with Gasteiger partial charge in [0.1, 0.15) is 5.75 Å². The van der Waals surface area contributed by atoms with Crippen LogP contribution in [0.15, 0.2) is 62.9 Å². The van der Waals surface area contributed by atoms with Crippen molar-refractivity contribution in [3.05, 3.63) is 80.0 Å². The molecule has 35 heavy (non-hydrogen) atoms. The molecule has 0 fully saturated rings. The smallest absolute Gasteiger partial charge is 0.282 e. The summed E-state index contributed by atoms with van der Waals surface area (Å²) < 4.78 is 12.6. The molecular formula is C27H26BrN3O4. The van der Waals surface area contributed by atoms with E-state index in [-0.39, 0.29) is 23.0 Å². The Morgan fingerprint density at radius 2 is 1.80 bits per heavy atom. The van der Waals surface area contributed by atoms with E-state index in [4.69, 9.17) is 14.5 Å². The Balaban J connectivity index is 1.98. The number of phenolic OH excluding ortho intramolecular Hbond substituents is 1. The van der Waals surface area contributed by atoms with Crippen LogP contribution in [0.1, 0.15) is 36.5 Å². The van der Waals surface area contributed by atoms with Crippen LogP contribution in [-0.4, -0.2) is 35.2 Å². The Morgan fingerprint density at radius 3 is 2.49 bits per heavy atom. The number of hydrogen-bond acceptors (Lipinski definition) is 6. The topological polar surface area (TPSA) is 85.9 Å². The fourth-order valence-electron chi connectivity index (χ4n) is 3.92. The highest BCUT2D eigenvalue weighted by Gasteiger charge is 2.18. The minimum atomic E-state index is -0.284. The van der Waals surface area contributed by atoms with E-state index < -0.39 is 0 Å². The monoisotopic (exact) mass is 535 g/mol. The SMILES string of the molecule is COc1cc(C)c(-c2nc3ccccc3c(=O)n2N=Cc2cc(Br)c(O)c(OC)c2)cc1C(C)C. The quantitative estimate of drug-likeness (QED) is 0.312. The molecule has 0 unspecified atom stereocenters. The molecule has 3 aromatic carbocycles. The summed E-state index contributed by atoms with van der Waals surface area (Å²) in [5.41, 5.74) is 3.65. The molecule has 0 spiro atoms. The van der Waals surface area contributed by atoms with Crippen molar-refractivity contribution in [3.63, 3.8) is 0 Å². The van der Waals surface area contributed by atoms with Gasteiger partial charge in [-0.15, -0.1) is 0 Å². The molecule has 1 N–H and O–H groups in total. The van der Waals surface area contributed by atoms with Gasteiger partial charge >= 0.3 is 0 Å². The molecule has 0 amide bonds. The summed E-state index contributed by atoms with van der Waals surface area (Å²) in [5.74, 6) is 1.70. The van der Waals surface area contributed by atoms with Crippen LogP contribution in [0, 0.1) is 6.92 Å². The van der Waals surface area contributed by atoms with Crippen molar-refractivity contribution >= 4 is 33.0 Å². The molecule has 4 rings (SSSR count). The molecule has 0 saturated heterocycles. The highest BCUT2D eigenvalue weighted by atomic mass is 79.9. The molecule has 0 aliphatic rings. The molecule has 180 valence electrons. The van der Waals surface area contributed by atoms with Crippen molar-refractivity contribution < 1.29 is 14.6 Å². The molecule has 0 aliphatic carbocycles. The van der Waals surface area contributed by atoms with Gasteiger partial charge in [0, 0.05) is 5.56 Å². The third kappa shape index (κ3) is 4.66. The Hall–Kier alpha value is -3.65. The molecule has 1 heterocycles. The Morgan fingerprint density at radius 1 is 1.09 bits per heavy atom. The number of phenols is 1. The number of aromatic hydroxyl groups is 1. The van der Waals surface area contributed by atoms with Crippen molar-refractivity contribution in [3.8, 4) is 28.6 Å². The van der Waals surface area contributed by atoms with Gasteiger partial charge in [-0.2, -0.15) is 9.78 Å². The van der Waals surface area contributed by atoms with Gasteiger partial charge in [-0.1, -0.05) is 26.0 Å². The fourth-order valence-corrected chi connectivity index (χ4v) is 4.38. The first-order valence-electron chi connectivity index (χ1n) is 11.1. The number of benzene rings is 3. The number of aryl methyl sites for hydroxylation is 1. The maximum absolute atomic E-state index is 13.6. The first kappa shape index (κ1) is 24.5. The van der Waals surface area contributed by atoms with Gasteiger partial charge in [-0.25, -0.2) is 4.98 Å². The average molecular weight is 536 g/mol. The molecule has 8 heteroatoms. The van der Waals surface area contributed by atoms with E-state index in [0.29, 0.717) is 26.8 Å². The van der Waals surface area contributed by atoms with Crippen LogP contribution in [0.4, 0.5) is 0 Å². The number of hydrogen-bond donors (Lipinski definition) is 1. The fraction of sp³-hybridized carbons (Fsp3) is 0.222. The minimum absolute atomic E-state index is 0.00931. The lowest BCUT2D eigenvalue weighted by Crippen LogP contribution is -2.20. The van der Waals surface area contributed by atoms with Crippen LogP contribution in [0.25, 0.3) is 22.3 Å². The van der Waals surface area contributed by atoms with E-state index >= 15 is 0 Å². The summed E-state index contributed by atoms with van der Waals surface area (Å²) in [6, 6.07) is 14.5. The molecule has 0 atom stereocenters. The van der Waals surface area contributed by atoms with Crippen LogP contribution in [0.3, 0.4) is 0 Å². The van der Waals surface area contributed by atoms with Crippen molar-refractivity contribution in [2.24, 2.45) is 5.10 Å². The molecule has 1 aromatic heterocycles. The summed E-state index contributed by atoms with van der Waals surface area (Å²) in [7, 11) is 3.12. The Bertz CT molecular complexity index is 1510. The maximum Gasteiger partial charge on any atom is 0.282 e. The third-order valence-corrected chi connectivity index (χ3v) is 6.39. The molecule has 0 radical (unpaired) electrons. The van der Waals surface area contributed by atoms with E-state index in [1.807, 2.05) is 31.2 Å². The average Bonchev–Trinajstić information content (AvgIpc) is 2.84. The van der Waals surface area contributed by atoms with E-state index in [0.717, 1.165) is 22.4 Å². The van der Waals surface area contributed by atoms with Gasteiger partial charge in [0.2, 0.25) is 0 Å². The summed E-state index contributed by atoms with van der Waals surface area (Å²) in [4.78, 5) is 18.4. The van der Waals surface area contributed by atoms with Gasteiger partial charge in [0.25, 0.3) is 5.56 Å². The van der Waals surface area contributed by atoms with Gasteiger partial charge in [0.05, 0.1) is 35.8 Å². The Kier molecular flexibility index (Phi) is 6.93. The van der Waals surface area contributed by atoms with E-state index in [9.17, 15) is 9.90 Å². The van der Waals surface area contributed by atoms with Crippen LogP contribution < -0.4 is 15.0 Å². The normalized spacial score (nSPS) is 11.5. The zero-order valence-electron chi connectivity index (χ0n) is 20.2. The van der Waals surface area contributed by atoms with Gasteiger partial charge in [-0.05, 0) is 81.9 Å². The molecule has 7 nitrogen and oxygen atoms in total. The summed E-state index contributed by atoms with van der Waals surface area (Å²) in [6.07, 6.45) is 1.54. The highest BCUT2D eigenvalue weighted by Crippen LogP contribution is 2.35.